The molecule has 0 saturated carbocycles. The summed E-state index contributed by atoms with van der Waals surface area (Å²) < 4.78 is 0. The molecule has 1 N–H and O–H groups in total. The van der Waals surface area contributed by atoms with Crippen molar-refractivity contribution in [3.05, 3.63) is 71.8 Å². The standard InChI is InChI=1S/C24H35NO/c1-19(2)16-25(17-20(3)4)18-21(5)24(26,22-12-8-6-9-13-22)23-14-10-7-11-15-23/h6-15,19-21,26H,16-18H2,1-5H3. The van der Waals surface area contributed by atoms with Gasteiger partial charge in [0, 0.05) is 25.6 Å². The molecule has 0 spiro atoms. The van der Waals surface area contributed by atoms with Crippen molar-refractivity contribution >= 4 is 0 Å². The quantitative estimate of drug-likeness (QED) is 0.672. The van der Waals surface area contributed by atoms with Crippen LogP contribution in [0.3, 0.4) is 0 Å². The van der Waals surface area contributed by atoms with Crippen molar-refractivity contribution in [3.63, 3.8) is 0 Å². The van der Waals surface area contributed by atoms with Gasteiger partial charge >= 0.3 is 0 Å². The van der Waals surface area contributed by atoms with E-state index in [1.54, 1.807) is 0 Å². The molecule has 0 aromatic heterocycles. The number of hydrogen-bond acceptors (Lipinski definition) is 2. The van der Waals surface area contributed by atoms with Gasteiger partial charge in [0.05, 0.1) is 0 Å². The molecule has 2 nitrogen and oxygen atoms in total. The third-order valence-corrected chi connectivity index (χ3v) is 4.92. The Bertz CT molecular complexity index is 586. The molecule has 2 rings (SSSR count). The van der Waals surface area contributed by atoms with Gasteiger partial charge in [-0.05, 0) is 23.0 Å². The van der Waals surface area contributed by atoms with Crippen LogP contribution in [0.1, 0.15) is 45.7 Å². The van der Waals surface area contributed by atoms with Gasteiger partial charge in [-0.1, -0.05) is 95.3 Å². The van der Waals surface area contributed by atoms with Gasteiger partial charge in [-0.15, -0.1) is 0 Å². The average molecular weight is 354 g/mol. The number of benzene rings is 2. The summed E-state index contributed by atoms with van der Waals surface area (Å²) in [7, 11) is 0. The van der Waals surface area contributed by atoms with Crippen LogP contribution in [0.25, 0.3) is 0 Å². The van der Waals surface area contributed by atoms with Crippen molar-refractivity contribution in [2.45, 2.75) is 40.2 Å². The minimum absolute atomic E-state index is 0.0739. The molecule has 1 unspecified atom stereocenters. The lowest BCUT2D eigenvalue weighted by Gasteiger charge is -2.39. The zero-order valence-corrected chi connectivity index (χ0v) is 17.0. The zero-order valence-electron chi connectivity index (χ0n) is 17.0. The third kappa shape index (κ3) is 5.18. The summed E-state index contributed by atoms with van der Waals surface area (Å²) in [5.41, 5.74) is 0.940. The van der Waals surface area contributed by atoms with E-state index in [1.807, 2.05) is 60.7 Å². The molecule has 2 aromatic rings. The molecule has 0 heterocycles. The molecule has 0 aliphatic heterocycles. The fourth-order valence-corrected chi connectivity index (χ4v) is 3.90. The summed E-state index contributed by atoms with van der Waals surface area (Å²) >= 11 is 0. The first kappa shape index (κ1) is 20.7. The highest BCUT2D eigenvalue weighted by Gasteiger charge is 2.38. The minimum Gasteiger partial charge on any atom is -0.380 e. The van der Waals surface area contributed by atoms with E-state index < -0.39 is 5.60 Å². The Morgan fingerprint density at radius 3 is 1.42 bits per heavy atom. The van der Waals surface area contributed by atoms with Gasteiger partial charge in [-0.3, -0.25) is 0 Å². The molecule has 0 fully saturated rings. The van der Waals surface area contributed by atoms with Gasteiger partial charge in [0.2, 0.25) is 0 Å². The van der Waals surface area contributed by atoms with Gasteiger partial charge in [0.1, 0.15) is 5.60 Å². The van der Waals surface area contributed by atoms with Crippen LogP contribution in [-0.4, -0.2) is 29.6 Å². The van der Waals surface area contributed by atoms with Crippen LogP contribution in [0.2, 0.25) is 0 Å². The highest BCUT2D eigenvalue weighted by molar-refractivity contribution is 5.36. The molecular formula is C24H35NO. The van der Waals surface area contributed by atoms with Crippen molar-refractivity contribution in [2.24, 2.45) is 17.8 Å². The van der Waals surface area contributed by atoms with Crippen molar-refractivity contribution in [2.75, 3.05) is 19.6 Å². The van der Waals surface area contributed by atoms with E-state index in [2.05, 4.69) is 39.5 Å². The van der Waals surface area contributed by atoms with E-state index in [9.17, 15) is 5.11 Å². The topological polar surface area (TPSA) is 23.5 Å². The average Bonchev–Trinajstić information content (AvgIpc) is 2.61. The second-order valence-corrected chi connectivity index (χ2v) is 8.41. The molecule has 0 radical (unpaired) electrons. The summed E-state index contributed by atoms with van der Waals surface area (Å²) in [6.45, 7) is 14.2. The molecule has 0 aliphatic rings. The Hall–Kier alpha value is -1.64. The number of nitrogens with zero attached hydrogens (tertiary/aromatic N) is 1. The van der Waals surface area contributed by atoms with E-state index in [1.165, 1.54) is 0 Å². The lowest BCUT2D eigenvalue weighted by atomic mass is 9.76. The monoisotopic (exact) mass is 353 g/mol. The SMILES string of the molecule is CC(C)CN(CC(C)C)CC(C)C(O)(c1ccccc1)c1ccccc1. The van der Waals surface area contributed by atoms with Crippen LogP contribution in [0.5, 0.6) is 0 Å². The van der Waals surface area contributed by atoms with Crippen LogP contribution in [0, 0.1) is 17.8 Å². The molecule has 2 aromatic carbocycles. The molecule has 0 aliphatic carbocycles. The van der Waals surface area contributed by atoms with E-state index >= 15 is 0 Å². The Kier molecular flexibility index (Phi) is 7.43. The second-order valence-electron chi connectivity index (χ2n) is 8.41. The first-order chi connectivity index (χ1) is 12.3. The van der Waals surface area contributed by atoms with Crippen molar-refractivity contribution in [3.8, 4) is 0 Å². The maximum Gasteiger partial charge on any atom is 0.118 e. The fourth-order valence-electron chi connectivity index (χ4n) is 3.90. The smallest absolute Gasteiger partial charge is 0.118 e. The molecule has 0 bridgehead atoms. The van der Waals surface area contributed by atoms with Gasteiger partial charge in [-0.2, -0.15) is 0 Å². The zero-order chi connectivity index (χ0) is 19.2. The van der Waals surface area contributed by atoms with Crippen molar-refractivity contribution in [1.82, 2.24) is 4.90 Å². The van der Waals surface area contributed by atoms with Crippen molar-refractivity contribution < 1.29 is 5.11 Å². The van der Waals surface area contributed by atoms with E-state index in [0.29, 0.717) is 11.8 Å². The third-order valence-electron chi connectivity index (χ3n) is 4.92. The molecule has 1 atom stereocenters. The Morgan fingerprint density at radius 1 is 0.692 bits per heavy atom. The molecule has 2 heteroatoms. The van der Waals surface area contributed by atoms with Crippen LogP contribution in [0.15, 0.2) is 60.7 Å². The summed E-state index contributed by atoms with van der Waals surface area (Å²) in [4.78, 5) is 2.51. The maximum absolute atomic E-state index is 11.9. The van der Waals surface area contributed by atoms with E-state index in [-0.39, 0.29) is 5.92 Å². The van der Waals surface area contributed by atoms with Crippen LogP contribution < -0.4 is 0 Å². The summed E-state index contributed by atoms with van der Waals surface area (Å²) in [5.74, 6) is 1.30. The Morgan fingerprint density at radius 2 is 1.08 bits per heavy atom. The first-order valence-corrected chi connectivity index (χ1v) is 9.89. The second kappa shape index (κ2) is 9.34. The van der Waals surface area contributed by atoms with Crippen LogP contribution in [0.4, 0.5) is 0 Å². The number of aliphatic hydroxyl groups is 1. The lowest BCUT2D eigenvalue weighted by Crippen LogP contribution is -2.44. The van der Waals surface area contributed by atoms with E-state index in [4.69, 9.17) is 0 Å². The van der Waals surface area contributed by atoms with E-state index in [0.717, 1.165) is 30.8 Å². The molecular weight excluding hydrogens is 318 g/mol. The normalized spacial score (nSPS) is 13.6. The Balaban J connectivity index is 2.35. The Labute approximate surface area is 159 Å². The van der Waals surface area contributed by atoms with Crippen molar-refractivity contribution in [1.29, 1.82) is 0 Å². The molecule has 26 heavy (non-hydrogen) atoms. The highest BCUT2D eigenvalue weighted by Crippen LogP contribution is 2.37. The van der Waals surface area contributed by atoms with Gasteiger partial charge < -0.3 is 10.0 Å². The predicted octanol–water partition coefficient (Wildman–Crippen LogP) is 5.17. The summed E-state index contributed by atoms with van der Waals surface area (Å²) in [5, 5.41) is 11.9. The van der Waals surface area contributed by atoms with Gasteiger partial charge in [0.25, 0.3) is 0 Å². The first-order valence-electron chi connectivity index (χ1n) is 9.89. The molecule has 0 amide bonds. The minimum atomic E-state index is -0.991. The fraction of sp³-hybridized carbons (Fsp3) is 0.500. The van der Waals surface area contributed by atoms with Gasteiger partial charge in [-0.25, -0.2) is 0 Å². The number of hydrogen-bond donors (Lipinski definition) is 1. The van der Waals surface area contributed by atoms with Crippen LogP contribution in [-0.2, 0) is 5.60 Å². The van der Waals surface area contributed by atoms with Gasteiger partial charge in [0.15, 0.2) is 0 Å². The predicted molar refractivity (Wildman–Crippen MR) is 111 cm³/mol. The lowest BCUT2D eigenvalue weighted by molar-refractivity contribution is 0.00422. The highest BCUT2D eigenvalue weighted by atomic mass is 16.3. The molecule has 0 saturated heterocycles. The summed E-state index contributed by atoms with van der Waals surface area (Å²) in [6, 6.07) is 20.2. The molecule has 142 valence electrons. The largest absolute Gasteiger partial charge is 0.380 e. The van der Waals surface area contributed by atoms with Crippen LogP contribution >= 0.6 is 0 Å². The maximum atomic E-state index is 11.9. The summed E-state index contributed by atoms with van der Waals surface area (Å²) in [6.07, 6.45) is 0. The number of rotatable bonds is 9.